The van der Waals surface area contributed by atoms with E-state index in [0.29, 0.717) is 0 Å². The molecule has 0 amide bonds. The average molecular weight is 197 g/mol. The van der Waals surface area contributed by atoms with Crippen molar-refractivity contribution in [2.75, 3.05) is 0 Å². The molecular formula is C14H15N. The van der Waals surface area contributed by atoms with Gasteiger partial charge in [0.1, 0.15) is 0 Å². The predicted octanol–water partition coefficient (Wildman–Crippen LogP) is 3.67. The van der Waals surface area contributed by atoms with Crippen LogP contribution in [0.4, 0.5) is 0 Å². The van der Waals surface area contributed by atoms with Gasteiger partial charge >= 0.3 is 0 Å². The van der Waals surface area contributed by atoms with E-state index >= 15 is 0 Å². The van der Waals surface area contributed by atoms with Crippen LogP contribution < -0.4 is 0 Å². The van der Waals surface area contributed by atoms with Gasteiger partial charge in [0.15, 0.2) is 0 Å². The molecule has 0 aliphatic rings. The fourth-order valence-corrected chi connectivity index (χ4v) is 1.81. The van der Waals surface area contributed by atoms with Crippen LogP contribution in [0.1, 0.15) is 16.8 Å². The van der Waals surface area contributed by atoms with Crippen LogP contribution >= 0.6 is 0 Å². The maximum atomic E-state index is 4.29. The van der Waals surface area contributed by atoms with Gasteiger partial charge in [-0.3, -0.25) is 4.98 Å². The van der Waals surface area contributed by atoms with Gasteiger partial charge in [0.25, 0.3) is 0 Å². The Labute approximate surface area is 90.8 Å². The minimum absolute atomic E-state index is 1.11. The maximum Gasteiger partial charge on any atom is 0.0407 e. The first-order chi connectivity index (χ1) is 7.20. The SMILES string of the molecule is Cc1ccccc1-c1ccnc(C)c1C. The summed E-state index contributed by atoms with van der Waals surface area (Å²) in [4.78, 5) is 4.29. The largest absolute Gasteiger partial charge is 0.261 e. The van der Waals surface area contributed by atoms with Gasteiger partial charge in [0, 0.05) is 11.9 Å². The molecule has 0 N–H and O–H groups in total. The summed E-state index contributed by atoms with van der Waals surface area (Å²) in [5, 5.41) is 0. The van der Waals surface area contributed by atoms with Crippen molar-refractivity contribution in [3.8, 4) is 11.1 Å². The second kappa shape index (κ2) is 3.85. The molecule has 2 rings (SSSR count). The quantitative estimate of drug-likeness (QED) is 0.679. The number of rotatable bonds is 1. The first kappa shape index (κ1) is 9.91. The summed E-state index contributed by atoms with van der Waals surface area (Å²) in [7, 11) is 0. The van der Waals surface area contributed by atoms with Gasteiger partial charge < -0.3 is 0 Å². The second-order valence-electron chi connectivity index (χ2n) is 3.88. The molecule has 1 aromatic carbocycles. The first-order valence-corrected chi connectivity index (χ1v) is 5.18. The highest BCUT2D eigenvalue weighted by Gasteiger charge is 2.05. The van der Waals surface area contributed by atoms with Crippen molar-refractivity contribution in [3.05, 3.63) is 53.3 Å². The van der Waals surface area contributed by atoms with Gasteiger partial charge in [-0.25, -0.2) is 0 Å². The van der Waals surface area contributed by atoms with Crippen LogP contribution in [-0.2, 0) is 0 Å². The third kappa shape index (κ3) is 1.78. The number of benzene rings is 1. The van der Waals surface area contributed by atoms with Crippen molar-refractivity contribution in [2.24, 2.45) is 0 Å². The van der Waals surface area contributed by atoms with E-state index in [0.717, 1.165) is 5.69 Å². The van der Waals surface area contributed by atoms with Gasteiger partial charge in [-0.2, -0.15) is 0 Å². The van der Waals surface area contributed by atoms with Crippen LogP contribution in [-0.4, -0.2) is 4.98 Å². The maximum absolute atomic E-state index is 4.29. The molecule has 0 aliphatic carbocycles. The Hall–Kier alpha value is -1.63. The molecule has 0 fully saturated rings. The lowest BCUT2D eigenvalue weighted by Crippen LogP contribution is -1.91. The number of nitrogens with zero attached hydrogens (tertiary/aromatic N) is 1. The van der Waals surface area contributed by atoms with Crippen LogP contribution in [0.5, 0.6) is 0 Å². The number of pyridine rings is 1. The Kier molecular flexibility index (Phi) is 2.55. The predicted molar refractivity (Wildman–Crippen MR) is 63.9 cm³/mol. The number of hydrogen-bond acceptors (Lipinski definition) is 1. The summed E-state index contributed by atoms with van der Waals surface area (Å²) in [6.45, 7) is 6.33. The molecule has 0 spiro atoms. The van der Waals surface area contributed by atoms with Crippen LogP contribution in [0.3, 0.4) is 0 Å². The third-order valence-electron chi connectivity index (χ3n) is 2.89. The molecule has 2 aromatic rings. The van der Waals surface area contributed by atoms with Crippen LogP contribution in [0.15, 0.2) is 36.5 Å². The molecular weight excluding hydrogens is 182 g/mol. The van der Waals surface area contributed by atoms with E-state index < -0.39 is 0 Å². The molecule has 76 valence electrons. The van der Waals surface area contributed by atoms with Crippen LogP contribution in [0.2, 0.25) is 0 Å². The topological polar surface area (TPSA) is 12.9 Å². The van der Waals surface area contributed by atoms with Gasteiger partial charge in [0.05, 0.1) is 0 Å². The summed E-state index contributed by atoms with van der Waals surface area (Å²) >= 11 is 0. The van der Waals surface area contributed by atoms with E-state index in [9.17, 15) is 0 Å². The van der Waals surface area contributed by atoms with Gasteiger partial charge in [-0.15, -0.1) is 0 Å². The first-order valence-electron chi connectivity index (χ1n) is 5.18. The molecule has 1 heteroatoms. The Balaban J connectivity index is 2.65. The van der Waals surface area contributed by atoms with E-state index in [1.54, 1.807) is 0 Å². The van der Waals surface area contributed by atoms with Gasteiger partial charge in [0.2, 0.25) is 0 Å². The van der Waals surface area contributed by atoms with E-state index in [4.69, 9.17) is 0 Å². The van der Waals surface area contributed by atoms with Crippen molar-refractivity contribution in [1.29, 1.82) is 0 Å². The fraction of sp³-hybridized carbons (Fsp3) is 0.214. The van der Waals surface area contributed by atoms with Crippen molar-refractivity contribution >= 4 is 0 Å². The number of aromatic nitrogens is 1. The van der Waals surface area contributed by atoms with E-state index in [1.807, 2.05) is 6.20 Å². The van der Waals surface area contributed by atoms with Crippen molar-refractivity contribution < 1.29 is 0 Å². The molecule has 0 bridgehead atoms. The minimum Gasteiger partial charge on any atom is -0.261 e. The van der Waals surface area contributed by atoms with Crippen LogP contribution in [0.25, 0.3) is 11.1 Å². The van der Waals surface area contributed by atoms with E-state index in [-0.39, 0.29) is 0 Å². The molecule has 0 unspecified atom stereocenters. The molecule has 1 heterocycles. The summed E-state index contributed by atoms with van der Waals surface area (Å²) < 4.78 is 0. The molecule has 0 atom stereocenters. The molecule has 0 aliphatic heterocycles. The highest BCUT2D eigenvalue weighted by atomic mass is 14.7. The molecule has 0 saturated heterocycles. The monoisotopic (exact) mass is 197 g/mol. The Morgan fingerprint density at radius 1 is 0.867 bits per heavy atom. The summed E-state index contributed by atoms with van der Waals surface area (Å²) in [6, 6.07) is 10.5. The normalized spacial score (nSPS) is 10.3. The lowest BCUT2D eigenvalue weighted by molar-refractivity contribution is 1.15. The lowest BCUT2D eigenvalue weighted by Gasteiger charge is -2.10. The minimum atomic E-state index is 1.11. The molecule has 0 saturated carbocycles. The van der Waals surface area contributed by atoms with E-state index in [1.165, 1.54) is 22.3 Å². The Morgan fingerprint density at radius 2 is 1.60 bits per heavy atom. The second-order valence-corrected chi connectivity index (χ2v) is 3.88. The smallest absolute Gasteiger partial charge is 0.0407 e. The lowest BCUT2D eigenvalue weighted by atomic mass is 9.97. The zero-order valence-electron chi connectivity index (χ0n) is 9.41. The van der Waals surface area contributed by atoms with Gasteiger partial charge in [-0.1, -0.05) is 24.3 Å². The number of aryl methyl sites for hydroxylation is 2. The van der Waals surface area contributed by atoms with Crippen molar-refractivity contribution in [1.82, 2.24) is 4.98 Å². The average Bonchev–Trinajstić information content (AvgIpc) is 2.23. The Morgan fingerprint density at radius 3 is 2.33 bits per heavy atom. The summed E-state index contributed by atoms with van der Waals surface area (Å²) in [5.74, 6) is 0. The zero-order valence-corrected chi connectivity index (χ0v) is 9.41. The number of hydrogen-bond donors (Lipinski definition) is 0. The molecule has 15 heavy (non-hydrogen) atoms. The summed E-state index contributed by atoms with van der Waals surface area (Å²) in [6.07, 6.45) is 1.88. The van der Waals surface area contributed by atoms with Crippen molar-refractivity contribution in [2.45, 2.75) is 20.8 Å². The van der Waals surface area contributed by atoms with Gasteiger partial charge in [-0.05, 0) is 49.1 Å². The standard InChI is InChI=1S/C14H15N/c1-10-6-4-5-7-13(10)14-8-9-15-12(3)11(14)2/h4-9H,1-3H3. The van der Waals surface area contributed by atoms with Crippen LogP contribution in [0, 0.1) is 20.8 Å². The highest BCUT2D eigenvalue weighted by Crippen LogP contribution is 2.26. The Bertz CT molecular complexity index is 486. The molecule has 1 nitrogen and oxygen atoms in total. The highest BCUT2D eigenvalue weighted by molar-refractivity contribution is 5.70. The zero-order chi connectivity index (χ0) is 10.8. The summed E-state index contributed by atoms with van der Waals surface area (Å²) in [5.41, 5.74) is 6.29. The fourth-order valence-electron chi connectivity index (χ4n) is 1.81. The van der Waals surface area contributed by atoms with Crippen molar-refractivity contribution in [3.63, 3.8) is 0 Å². The molecule has 1 aromatic heterocycles. The molecule has 0 radical (unpaired) electrons. The van der Waals surface area contributed by atoms with E-state index in [2.05, 4.69) is 56.1 Å². The third-order valence-corrected chi connectivity index (χ3v) is 2.89.